The zero-order valence-corrected chi connectivity index (χ0v) is 9.42. The summed E-state index contributed by atoms with van der Waals surface area (Å²) in [5, 5.41) is 4.06. The molecule has 1 aromatic heterocycles. The van der Waals surface area contributed by atoms with Crippen molar-refractivity contribution in [1.29, 1.82) is 0 Å². The molecule has 0 aliphatic carbocycles. The standard InChI is InChI=1S/C10H14OS2/c1-2-4-12-8-10(11)6-9-3-5-13-7-9/h3,5,7H,2,4,6,8H2,1H3. The fourth-order valence-electron chi connectivity index (χ4n) is 1.00. The monoisotopic (exact) mass is 214 g/mol. The molecule has 1 aromatic rings. The Morgan fingerprint density at radius 3 is 3.08 bits per heavy atom. The van der Waals surface area contributed by atoms with Gasteiger partial charge in [0.1, 0.15) is 5.78 Å². The third-order valence-corrected chi connectivity index (χ3v) is 3.55. The largest absolute Gasteiger partial charge is 0.298 e. The molecule has 0 N–H and O–H groups in total. The average Bonchev–Trinajstić information content (AvgIpc) is 2.57. The lowest BCUT2D eigenvalue weighted by molar-refractivity contribution is -0.115. The number of carbonyl (C=O) groups excluding carboxylic acids is 1. The summed E-state index contributed by atoms with van der Waals surface area (Å²) in [4.78, 5) is 11.4. The zero-order valence-electron chi connectivity index (χ0n) is 7.79. The SMILES string of the molecule is CCCSCC(=O)Cc1ccsc1. The second-order valence-electron chi connectivity index (χ2n) is 2.90. The van der Waals surface area contributed by atoms with Crippen molar-refractivity contribution in [1.82, 2.24) is 0 Å². The van der Waals surface area contributed by atoms with Crippen LogP contribution in [0.3, 0.4) is 0 Å². The molecule has 0 aliphatic heterocycles. The fourth-order valence-corrected chi connectivity index (χ4v) is 2.43. The van der Waals surface area contributed by atoms with E-state index in [9.17, 15) is 4.79 Å². The molecule has 1 nitrogen and oxygen atoms in total. The Bertz CT molecular complexity index is 241. The van der Waals surface area contributed by atoms with Crippen LogP contribution in [0.4, 0.5) is 0 Å². The molecule has 0 amide bonds. The molecule has 0 unspecified atom stereocenters. The van der Waals surface area contributed by atoms with Crippen LogP contribution in [0.2, 0.25) is 0 Å². The maximum absolute atomic E-state index is 11.4. The van der Waals surface area contributed by atoms with Gasteiger partial charge in [0.2, 0.25) is 0 Å². The molecule has 0 bridgehead atoms. The number of ketones is 1. The Balaban J connectivity index is 2.18. The van der Waals surface area contributed by atoms with Crippen molar-refractivity contribution < 1.29 is 4.79 Å². The topological polar surface area (TPSA) is 17.1 Å². The van der Waals surface area contributed by atoms with Crippen molar-refractivity contribution in [3.63, 3.8) is 0 Å². The number of rotatable bonds is 6. The van der Waals surface area contributed by atoms with Crippen LogP contribution in [0.5, 0.6) is 0 Å². The molecular weight excluding hydrogens is 200 g/mol. The Morgan fingerprint density at radius 1 is 1.62 bits per heavy atom. The summed E-state index contributed by atoms with van der Waals surface area (Å²) in [5.41, 5.74) is 1.16. The Morgan fingerprint density at radius 2 is 2.46 bits per heavy atom. The highest BCUT2D eigenvalue weighted by atomic mass is 32.2. The lowest BCUT2D eigenvalue weighted by atomic mass is 10.2. The van der Waals surface area contributed by atoms with Crippen molar-refractivity contribution in [2.24, 2.45) is 0 Å². The highest BCUT2D eigenvalue weighted by Crippen LogP contribution is 2.09. The molecule has 3 heteroatoms. The minimum absolute atomic E-state index is 0.344. The second kappa shape index (κ2) is 6.22. The third-order valence-electron chi connectivity index (χ3n) is 1.59. The number of thioether (sulfide) groups is 1. The van der Waals surface area contributed by atoms with Gasteiger partial charge >= 0.3 is 0 Å². The molecule has 0 saturated carbocycles. The van der Waals surface area contributed by atoms with E-state index < -0.39 is 0 Å². The molecule has 1 rings (SSSR count). The van der Waals surface area contributed by atoms with Gasteiger partial charge in [0.15, 0.2) is 0 Å². The van der Waals surface area contributed by atoms with Crippen LogP contribution < -0.4 is 0 Å². The summed E-state index contributed by atoms with van der Waals surface area (Å²) in [6.07, 6.45) is 1.76. The molecule has 0 aromatic carbocycles. The molecule has 0 radical (unpaired) electrons. The fraction of sp³-hybridized carbons (Fsp3) is 0.500. The lowest BCUT2D eigenvalue weighted by Crippen LogP contribution is -2.05. The van der Waals surface area contributed by atoms with Crippen molar-refractivity contribution in [2.75, 3.05) is 11.5 Å². The lowest BCUT2D eigenvalue weighted by Gasteiger charge is -1.97. The van der Waals surface area contributed by atoms with Gasteiger partial charge in [0.25, 0.3) is 0 Å². The molecule has 72 valence electrons. The van der Waals surface area contributed by atoms with E-state index in [1.165, 1.54) is 0 Å². The minimum Gasteiger partial charge on any atom is -0.298 e. The van der Waals surface area contributed by atoms with Crippen LogP contribution in [0.25, 0.3) is 0 Å². The van der Waals surface area contributed by atoms with Gasteiger partial charge in [-0.1, -0.05) is 6.92 Å². The number of carbonyl (C=O) groups is 1. The number of Topliss-reactive ketones (excluding diaryl/α,β-unsaturated/α-hetero) is 1. The van der Waals surface area contributed by atoms with Gasteiger partial charge in [0, 0.05) is 6.42 Å². The number of thiophene rings is 1. The summed E-state index contributed by atoms with van der Waals surface area (Å²) in [6, 6.07) is 2.02. The minimum atomic E-state index is 0.344. The molecule has 0 fully saturated rings. The van der Waals surface area contributed by atoms with Crippen LogP contribution >= 0.6 is 23.1 Å². The van der Waals surface area contributed by atoms with Gasteiger partial charge in [-0.25, -0.2) is 0 Å². The second-order valence-corrected chi connectivity index (χ2v) is 4.78. The molecule has 0 saturated heterocycles. The van der Waals surface area contributed by atoms with E-state index in [-0.39, 0.29) is 0 Å². The first-order valence-electron chi connectivity index (χ1n) is 4.43. The van der Waals surface area contributed by atoms with Crippen molar-refractivity contribution >= 4 is 28.9 Å². The Hall–Kier alpha value is -0.280. The maximum Gasteiger partial charge on any atom is 0.147 e. The van der Waals surface area contributed by atoms with Gasteiger partial charge in [0.05, 0.1) is 5.75 Å². The van der Waals surface area contributed by atoms with Crippen molar-refractivity contribution in [3.8, 4) is 0 Å². The van der Waals surface area contributed by atoms with Gasteiger partial charge in [-0.05, 0) is 34.6 Å². The molecular formula is C10H14OS2. The van der Waals surface area contributed by atoms with Crippen LogP contribution in [0.15, 0.2) is 16.8 Å². The summed E-state index contributed by atoms with van der Waals surface area (Å²) in [6.45, 7) is 2.14. The van der Waals surface area contributed by atoms with E-state index in [0.717, 1.165) is 17.7 Å². The van der Waals surface area contributed by atoms with Crippen LogP contribution in [-0.4, -0.2) is 17.3 Å². The first kappa shape index (κ1) is 10.8. The molecule has 0 atom stereocenters. The molecule has 0 aliphatic rings. The van der Waals surface area contributed by atoms with Crippen molar-refractivity contribution in [3.05, 3.63) is 22.4 Å². The Labute approximate surface area is 87.5 Å². The van der Waals surface area contributed by atoms with Gasteiger partial charge in [-0.15, -0.1) is 0 Å². The third kappa shape index (κ3) is 4.48. The number of hydrogen-bond acceptors (Lipinski definition) is 3. The van der Waals surface area contributed by atoms with E-state index in [1.54, 1.807) is 23.1 Å². The quantitative estimate of drug-likeness (QED) is 0.677. The molecule has 1 heterocycles. The highest BCUT2D eigenvalue weighted by Gasteiger charge is 2.03. The van der Waals surface area contributed by atoms with Gasteiger partial charge < -0.3 is 0 Å². The van der Waals surface area contributed by atoms with Crippen LogP contribution in [0, 0.1) is 0 Å². The van der Waals surface area contributed by atoms with Gasteiger partial charge in [-0.2, -0.15) is 23.1 Å². The van der Waals surface area contributed by atoms with E-state index in [4.69, 9.17) is 0 Å². The van der Waals surface area contributed by atoms with Crippen molar-refractivity contribution in [2.45, 2.75) is 19.8 Å². The normalized spacial score (nSPS) is 10.2. The van der Waals surface area contributed by atoms with E-state index in [2.05, 4.69) is 6.92 Å². The molecule has 0 spiro atoms. The van der Waals surface area contributed by atoms with Crippen LogP contribution in [-0.2, 0) is 11.2 Å². The van der Waals surface area contributed by atoms with E-state index >= 15 is 0 Å². The summed E-state index contributed by atoms with van der Waals surface area (Å²) in [5.74, 6) is 2.11. The Kier molecular flexibility index (Phi) is 5.16. The first-order chi connectivity index (χ1) is 6.33. The summed E-state index contributed by atoms with van der Waals surface area (Å²) >= 11 is 3.39. The summed E-state index contributed by atoms with van der Waals surface area (Å²) < 4.78 is 0. The first-order valence-corrected chi connectivity index (χ1v) is 6.53. The zero-order chi connectivity index (χ0) is 9.52. The number of hydrogen-bond donors (Lipinski definition) is 0. The maximum atomic E-state index is 11.4. The molecule has 13 heavy (non-hydrogen) atoms. The smallest absolute Gasteiger partial charge is 0.147 e. The van der Waals surface area contributed by atoms with Gasteiger partial charge in [-0.3, -0.25) is 4.79 Å². The predicted molar refractivity (Wildman–Crippen MR) is 60.6 cm³/mol. The average molecular weight is 214 g/mol. The predicted octanol–water partition coefficient (Wildman–Crippen LogP) is 3.00. The van der Waals surface area contributed by atoms with E-state index in [0.29, 0.717) is 18.0 Å². The highest BCUT2D eigenvalue weighted by molar-refractivity contribution is 7.99. The van der Waals surface area contributed by atoms with E-state index in [1.807, 2.05) is 16.8 Å². The summed E-state index contributed by atoms with van der Waals surface area (Å²) in [7, 11) is 0. The van der Waals surface area contributed by atoms with Crippen LogP contribution in [0.1, 0.15) is 18.9 Å².